The van der Waals surface area contributed by atoms with Gasteiger partial charge in [-0.15, -0.1) is 0 Å². The topological polar surface area (TPSA) is 3.24 Å². The van der Waals surface area contributed by atoms with E-state index in [2.05, 4.69) is 74.0 Å². The SMILES string of the molecule is CCC(N(C)C)C1(C)C(C)=C(C)C(C)=[C]1[Ti]. The molecule has 0 aromatic carbocycles. The number of hydrogen-bond acceptors (Lipinski definition) is 1. The van der Waals surface area contributed by atoms with Gasteiger partial charge in [-0.2, -0.15) is 0 Å². The zero-order valence-corrected chi connectivity index (χ0v) is 13.3. The first-order valence-electron chi connectivity index (χ1n) is 6.06. The van der Waals surface area contributed by atoms with Crippen molar-refractivity contribution in [1.29, 1.82) is 0 Å². The van der Waals surface area contributed by atoms with E-state index in [1.807, 2.05) is 0 Å². The first-order valence-corrected chi connectivity index (χ1v) is 6.84. The fourth-order valence-corrected chi connectivity index (χ4v) is 3.99. The van der Waals surface area contributed by atoms with E-state index in [4.69, 9.17) is 0 Å². The molecule has 0 aromatic rings. The molecule has 89 valence electrons. The molecule has 0 aliphatic heterocycles. The normalized spacial score (nSPS) is 28.2. The van der Waals surface area contributed by atoms with E-state index in [1.165, 1.54) is 17.6 Å². The van der Waals surface area contributed by atoms with Crippen LogP contribution in [-0.4, -0.2) is 25.0 Å². The molecule has 0 heterocycles. The van der Waals surface area contributed by atoms with Crippen LogP contribution in [0.2, 0.25) is 0 Å². The van der Waals surface area contributed by atoms with Crippen LogP contribution in [0.25, 0.3) is 0 Å². The predicted molar refractivity (Wildman–Crippen MR) is 66.9 cm³/mol. The Morgan fingerprint density at radius 2 is 1.69 bits per heavy atom. The van der Waals surface area contributed by atoms with Crippen molar-refractivity contribution in [3.05, 3.63) is 20.6 Å². The molecule has 0 spiro atoms. The molecule has 1 nitrogen and oxygen atoms in total. The number of nitrogens with zero attached hydrogens (tertiary/aromatic N) is 1. The molecular weight excluding hydrogens is 230 g/mol. The van der Waals surface area contributed by atoms with E-state index in [9.17, 15) is 0 Å². The van der Waals surface area contributed by atoms with E-state index < -0.39 is 0 Å². The second kappa shape index (κ2) is 4.80. The second-order valence-corrected chi connectivity index (χ2v) is 6.12. The monoisotopic (exact) mass is 254 g/mol. The van der Waals surface area contributed by atoms with Crippen LogP contribution in [0.15, 0.2) is 20.6 Å². The first kappa shape index (κ1) is 14.2. The predicted octanol–water partition coefficient (Wildman–Crippen LogP) is 3.50. The van der Waals surface area contributed by atoms with Crippen molar-refractivity contribution in [2.45, 2.75) is 47.1 Å². The molecule has 2 atom stereocenters. The summed E-state index contributed by atoms with van der Waals surface area (Å²) in [5, 5.41) is 0. The summed E-state index contributed by atoms with van der Waals surface area (Å²) in [7, 11) is 4.39. The summed E-state index contributed by atoms with van der Waals surface area (Å²) >= 11 is 2.31. The number of hydrogen-bond donors (Lipinski definition) is 0. The molecule has 2 unspecified atom stereocenters. The summed E-state index contributed by atoms with van der Waals surface area (Å²) in [6, 6.07) is 0.597. The van der Waals surface area contributed by atoms with E-state index in [0.29, 0.717) is 6.04 Å². The van der Waals surface area contributed by atoms with Crippen molar-refractivity contribution in [1.82, 2.24) is 4.90 Å². The van der Waals surface area contributed by atoms with Gasteiger partial charge in [0, 0.05) is 0 Å². The Balaban J connectivity index is 3.30. The van der Waals surface area contributed by atoms with Gasteiger partial charge in [0.15, 0.2) is 0 Å². The molecule has 0 saturated carbocycles. The minimum atomic E-state index is 0.229. The Labute approximate surface area is 112 Å². The summed E-state index contributed by atoms with van der Waals surface area (Å²) < 4.78 is 1.56. The first-order chi connectivity index (χ1) is 7.28. The van der Waals surface area contributed by atoms with Crippen molar-refractivity contribution in [3.63, 3.8) is 0 Å². The third-order valence-corrected chi connectivity index (χ3v) is 5.87. The van der Waals surface area contributed by atoms with Gasteiger partial charge in [0.25, 0.3) is 0 Å². The van der Waals surface area contributed by atoms with Crippen LogP contribution in [0.1, 0.15) is 41.0 Å². The quantitative estimate of drug-likeness (QED) is 0.697. The summed E-state index contributed by atoms with van der Waals surface area (Å²) in [4.78, 5) is 2.37. The number of allylic oxidation sites excluding steroid dienone is 2. The minimum absolute atomic E-state index is 0.229. The molecule has 0 bridgehead atoms. The van der Waals surface area contributed by atoms with Crippen LogP contribution in [0.3, 0.4) is 0 Å². The van der Waals surface area contributed by atoms with Gasteiger partial charge in [-0.1, -0.05) is 0 Å². The summed E-state index contributed by atoms with van der Waals surface area (Å²) in [5.41, 5.74) is 4.79. The van der Waals surface area contributed by atoms with Crippen molar-refractivity contribution in [2.24, 2.45) is 5.41 Å². The Kier molecular flexibility index (Phi) is 4.26. The van der Waals surface area contributed by atoms with Gasteiger partial charge in [-0.3, -0.25) is 0 Å². The fraction of sp³-hybridized carbons (Fsp3) is 0.714. The molecule has 0 N–H and O–H groups in total. The molecule has 1 aliphatic rings. The molecular formula is C14H24NTi. The summed E-state index contributed by atoms with van der Waals surface area (Å²) in [6.45, 7) is 11.5. The maximum absolute atomic E-state index is 2.41. The van der Waals surface area contributed by atoms with Gasteiger partial charge in [0.1, 0.15) is 0 Å². The third-order valence-electron chi connectivity index (χ3n) is 4.47. The van der Waals surface area contributed by atoms with E-state index in [0.717, 1.165) is 0 Å². The summed E-state index contributed by atoms with van der Waals surface area (Å²) in [6.07, 6.45) is 1.19. The van der Waals surface area contributed by atoms with Crippen molar-refractivity contribution in [3.8, 4) is 0 Å². The zero-order valence-electron chi connectivity index (χ0n) is 11.7. The van der Waals surface area contributed by atoms with Gasteiger partial charge < -0.3 is 0 Å². The molecule has 0 radical (unpaired) electrons. The zero-order chi connectivity index (χ0) is 12.7. The van der Waals surface area contributed by atoms with Gasteiger partial charge in [0.05, 0.1) is 0 Å². The van der Waals surface area contributed by atoms with E-state index >= 15 is 0 Å². The Morgan fingerprint density at radius 1 is 1.19 bits per heavy atom. The van der Waals surface area contributed by atoms with Crippen LogP contribution in [-0.2, 0) is 20.4 Å². The van der Waals surface area contributed by atoms with Crippen LogP contribution >= 0.6 is 0 Å². The molecule has 1 aliphatic carbocycles. The van der Waals surface area contributed by atoms with Gasteiger partial charge in [-0.05, 0) is 0 Å². The average molecular weight is 254 g/mol. The van der Waals surface area contributed by atoms with Crippen molar-refractivity contribution >= 4 is 0 Å². The Morgan fingerprint density at radius 3 is 1.94 bits per heavy atom. The third kappa shape index (κ3) is 1.87. The average Bonchev–Trinajstić information content (AvgIpc) is 2.36. The van der Waals surface area contributed by atoms with Gasteiger partial charge in [0.2, 0.25) is 0 Å². The van der Waals surface area contributed by atoms with E-state index in [-0.39, 0.29) is 5.41 Å². The molecule has 0 aromatic heterocycles. The van der Waals surface area contributed by atoms with Crippen molar-refractivity contribution in [2.75, 3.05) is 14.1 Å². The van der Waals surface area contributed by atoms with Crippen molar-refractivity contribution < 1.29 is 20.4 Å². The van der Waals surface area contributed by atoms with Gasteiger partial charge >= 0.3 is 113 Å². The molecule has 0 fully saturated rings. The molecule has 16 heavy (non-hydrogen) atoms. The van der Waals surface area contributed by atoms with Crippen LogP contribution in [0, 0.1) is 5.41 Å². The molecule has 2 heteroatoms. The fourth-order valence-electron chi connectivity index (χ4n) is 3.14. The van der Waals surface area contributed by atoms with Crippen LogP contribution < -0.4 is 0 Å². The Hall–Kier alpha value is 0.154. The second-order valence-electron chi connectivity index (χ2n) is 5.34. The molecule has 0 saturated heterocycles. The number of rotatable bonds is 3. The summed E-state index contributed by atoms with van der Waals surface area (Å²) in [5.74, 6) is 0. The Bertz CT molecular complexity index is 326. The van der Waals surface area contributed by atoms with Crippen LogP contribution in [0.5, 0.6) is 0 Å². The molecule has 1 rings (SSSR count). The maximum atomic E-state index is 2.41. The molecule has 0 amide bonds. The standard InChI is InChI=1S/C14H24N.Ti/c1-8-13(15(6)7)14(5)9-10(2)11(3)12(14)4;/h13H,8H2,1-7H3;. The van der Waals surface area contributed by atoms with E-state index in [1.54, 1.807) is 9.45 Å². The van der Waals surface area contributed by atoms with Crippen LogP contribution in [0.4, 0.5) is 0 Å². The van der Waals surface area contributed by atoms with Gasteiger partial charge in [-0.25, -0.2) is 0 Å².